The Labute approximate surface area is 108 Å². The summed E-state index contributed by atoms with van der Waals surface area (Å²) in [4.78, 5) is 11.0. The molecule has 0 spiro atoms. The van der Waals surface area contributed by atoms with Crippen LogP contribution in [0, 0.1) is 0 Å². The molecule has 2 atom stereocenters. The van der Waals surface area contributed by atoms with Gasteiger partial charge in [-0.3, -0.25) is 14.8 Å². The van der Waals surface area contributed by atoms with Crippen molar-refractivity contribution < 1.29 is 9.90 Å². The van der Waals surface area contributed by atoms with Gasteiger partial charge in [-0.2, -0.15) is 5.10 Å². The number of aliphatic carboxylic acids is 1. The molecule has 0 fully saturated rings. The fourth-order valence-corrected chi connectivity index (χ4v) is 1.73. The lowest BCUT2D eigenvalue weighted by atomic mass is 10.1. The molecule has 0 saturated heterocycles. The van der Waals surface area contributed by atoms with Gasteiger partial charge < -0.3 is 5.11 Å². The Kier molecular flexibility index (Phi) is 5.85. The average molecular weight is 253 g/mol. The van der Waals surface area contributed by atoms with Crippen LogP contribution in [-0.2, 0) is 11.3 Å². The number of carboxylic acids is 1. The Bertz CT molecular complexity index is 376. The third-order valence-electron chi connectivity index (χ3n) is 3.11. The highest BCUT2D eigenvalue weighted by Crippen LogP contribution is 2.09. The first-order chi connectivity index (χ1) is 8.58. The second-order valence-corrected chi connectivity index (χ2v) is 4.60. The Morgan fingerprint density at radius 2 is 2.28 bits per heavy atom. The van der Waals surface area contributed by atoms with Crippen molar-refractivity contribution in [3.8, 4) is 0 Å². The zero-order chi connectivity index (χ0) is 13.5. The van der Waals surface area contributed by atoms with E-state index in [1.165, 1.54) is 0 Å². The van der Waals surface area contributed by atoms with E-state index >= 15 is 0 Å². The molecular weight excluding hydrogens is 230 g/mol. The maximum atomic E-state index is 11.0. The number of carboxylic acid groups (broad SMARTS) is 1. The molecule has 0 radical (unpaired) electrons. The van der Waals surface area contributed by atoms with Crippen LogP contribution < -0.4 is 5.32 Å². The van der Waals surface area contributed by atoms with Gasteiger partial charge in [-0.15, -0.1) is 0 Å². The molecule has 0 amide bonds. The third kappa shape index (κ3) is 4.14. The van der Waals surface area contributed by atoms with Crippen molar-refractivity contribution in [3.05, 3.63) is 18.0 Å². The van der Waals surface area contributed by atoms with Crippen molar-refractivity contribution in [1.29, 1.82) is 0 Å². The predicted molar refractivity (Wildman–Crippen MR) is 70.4 cm³/mol. The summed E-state index contributed by atoms with van der Waals surface area (Å²) in [5, 5.41) is 16.5. The third-order valence-corrected chi connectivity index (χ3v) is 3.11. The van der Waals surface area contributed by atoms with Gasteiger partial charge in [-0.05, 0) is 25.8 Å². The van der Waals surface area contributed by atoms with Gasteiger partial charge in [0.1, 0.15) is 6.04 Å². The molecular formula is C13H23N3O2. The first-order valence-electron chi connectivity index (χ1n) is 6.58. The Morgan fingerprint density at radius 3 is 2.83 bits per heavy atom. The summed E-state index contributed by atoms with van der Waals surface area (Å²) in [6.45, 7) is 6.71. The van der Waals surface area contributed by atoms with Gasteiger partial charge in [0.15, 0.2) is 0 Å². The number of carbonyl (C=O) groups is 1. The molecule has 0 aliphatic carbocycles. The van der Waals surface area contributed by atoms with Crippen LogP contribution in [0.15, 0.2) is 12.3 Å². The van der Waals surface area contributed by atoms with E-state index in [9.17, 15) is 4.79 Å². The molecule has 1 aromatic rings. The highest BCUT2D eigenvalue weighted by atomic mass is 16.4. The van der Waals surface area contributed by atoms with Crippen LogP contribution in [0.1, 0.15) is 51.8 Å². The molecule has 0 aliphatic rings. The summed E-state index contributed by atoms with van der Waals surface area (Å²) in [5.74, 6) is -0.793. The SMILES string of the molecule is CCCC(NCc1ccn(C(C)CC)n1)C(=O)O. The van der Waals surface area contributed by atoms with Crippen LogP contribution in [0.5, 0.6) is 0 Å². The number of nitrogens with one attached hydrogen (secondary N) is 1. The monoisotopic (exact) mass is 253 g/mol. The second kappa shape index (κ2) is 7.16. The van der Waals surface area contributed by atoms with Crippen molar-refractivity contribution in [3.63, 3.8) is 0 Å². The quantitative estimate of drug-likeness (QED) is 0.745. The van der Waals surface area contributed by atoms with E-state index in [0.717, 1.165) is 18.5 Å². The minimum absolute atomic E-state index is 0.379. The largest absolute Gasteiger partial charge is 0.480 e. The maximum absolute atomic E-state index is 11.0. The van der Waals surface area contributed by atoms with Crippen molar-refractivity contribution in [1.82, 2.24) is 15.1 Å². The molecule has 1 aromatic heterocycles. The van der Waals surface area contributed by atoms with Gasteiger partial charge in [-0.25, -0.2) is 0 Å². The molecule has 1 rings (SSSR count). The average Bonchev–Trinajstić information content (AvgIpc) is 2.81. The molecule has 0 aliphatic heterocycles. The Balaban J connectivity index is 2.52. The molecule has 5 nitrogen and oxygen atoms in total. The topological polar surface area (TPSA) is 67.2 Å². The molecule has 102 valence electrons. The standard InChI is InChI=1S/C13H23N3O2/c1-4-6-12(13(17)18)14-9-11-7-8-16(15-11)10(3)5-2/h7-8,10,12,14H,4-6,9H2,1-3H3,(H,17,18). The van der Waals surface area contributed by atoms with Crippen LogP contribution in [-0.4, -0.2) is 26.9 Å². The van der Waals surface area contributed by atoms with Gasteiger partial charge in [-0.1, -0.05) is 20.3 Å². The van der Waals surface area contributed by atoms with Crippen LogP contribution in [0.2, 0.25) is 0 Å². The summed E-state index contributed by atoms with van der Waals surface area (Å²) in [6.07, 6.45) is 4.47. The minimum atomic E-state index is -0.793. The van der Waals surface area contributed by atoms with Gasteiger partial charge >= 0.3 is 5.97 Å². The van der Waals surface area contributed by atoms with E-state index in [0.29, 0.717) is 19.0 Å². The highest BCUT2D eigenvalue weighted by Gasteiger charge is 2.15. The predicted octanol–water partition coefficient (Wildman–Crippen LogP) is 2.20. The van der Waals surface area contributed by atoms with Crippen molar-refractivity contribution in [2.45, 2.75) is 58.7 Å². The fraction of sp³-hybridized carbons (Fsp3) is 0.692. The molecule has 2 N–H and O–H groups in total. The lowest BCUT2D eigenvalue weighted by Crippen LogP contribution is -2.36. The van der Waals surface area contributed by atoms with E-state index in [2.05, 4.69) is 24.3 Å². The molecule has 18 heavy (non-hydrogen) atoms. The summed E-state index contributed by atoms with van der Waals surface area (Å²) >= 11 is 0. The minimum Gasteiger partial charge on any atom is -0.480 e. The number of rotatable bonds is 8. The number of nitrogens with zero attached hydrogens (tertiary/aromatic N) is 2. The van der Waals surface area contributed by atoms with Crippen LogP contribution in [0.4, 0.5) is 0 Å². The van der Waals surface area contributed by atoms with E-state index in [4.69, 9.17) is 5.11 Å². The fourth-order valence-electron chi connectivity index (χ4n) is 1.73. The van der Waals surface area contributed by atoms with Crippen molar-refractivity contribution in [2.24, 2.45) is 0 Å². The van der Waals surface area contributed by atoms with Crippen LogP contribution in [0.25, 0.3) is 0 Å². The molecule has 0 aromatic carbocycles. The maximum Gasteiger partial charge on any atom is 0.320 e. The summed E-state index contributed by atoms with van der Waals surface area (Å²) in [6, 6.07) is 1.83. The smallest absolute Gasteiger partial charge is 0.320 e. The molecule has 2 unspecified atom stereocenters. The lowest BCUT2D eigenvalue weighted by molar-refractivity contribution is -0.139. The molecule has 0 bridgehead atoms. The lowest BCUT2D eigenvalue weighted by Gasteiger charge is -2.12. The first kappa shape index (κ1) is 14.7. The summed E-state index contributed by atoms with van der Waals surface area (Å²) in [7, 11) is 0. The molecule has 1 heterocycles. The van der Waals surface area contributed by atoms with Crippen LogP contribution >= 0.6 is 0 Å². The van der Waals surface area contributed by atoms with Crippen molar-refractivity contribution in [2.75, 3.05) is 0 Å². The zero-order valence-corrected chi connectivity index (χ0v) is 11.4. The van der Waals surface area contributed by atoms with Gasteiger partial charge in [0.2, 0.25) is 0 Å². The van der Waals surface area contributed by atoms with Gasteiger partial charge in [0.25, 0.3) is 0 Å². The van der Waals surface area contributed by atoms with E-state index in [1.54, 1.807) is 0 Å². The van der Waals surface area contributed by atoms with E-state index in [-0.39, 0.29) is 0 Å². The first-order valence-corrected chi connectivity index (χ1v) is 6.58. The van der Waals surface area contributed by atoms with Crippen molar-refractivity contribution >= 4 is 5.97 Å². The van der Waals surface area contributed by atoms with Crippen LogP contribution in [0.3, 0.4) is 0 Å². The number of aromatic nitrogens is 2. The Hall–Kier alpha value is -1.36. The summed E-state index contributed by atoms with van der Waals surface area (Å²) in [5.41, 5.74) is 0.887. The van der Waals surface area contributed by atoms with E-state index in [1.807, 2.05) is 23.9 Å². The molecule has 5 heteroatoms. The summed E-state index contributed by atoms with van der Waals surface area (Å²) < 4.78 is 1.92. The van der Waals surface area contributed by atoms with E-state index < -0.39 is 12.0 Å². The van der Waals surface area contributed by atoms with Gasteiger partial charge in [0.05, 0.1) is 5.69 Å². The number of hydrogen-bond acceptors (Lipinski definition) is 3. The molecule has 0 saturated carbocycles. The Morgan fingerprint density at radius 1 is 1.56 bits per heavy atom. The van der Waals surface area contributed by atoms with Gasteiger partial charge in [0, 0.05) is 18.8 Å². The number of hydrogen-bond donors (Lipinski definition) is 2. The second-order valence-electron chi connectivity index (χ2n) is 4.60. The zero-order valence-electron chi connectivity index (χ0n) is 11.4. The highest BCUT2D eigenvalue weighted by molar-refractivity contribution is 5.73. The normalized spacial score (nSPS) is 14.4.